The molecule has 4 rings (SSSR count). The van der Waals surface area contributed by atoms with E-state index in [-0.39, 0.29) is 11.8 Å². The lowest BCUT2D eigenvalue weighted by molar-refractivity contribution is 0.0303. The number of nitrogens with one attached hydrogen (secondary N) is 1. The normalized spacial score (nSPS) is 13.7. The summed E-state index contributed by atoms with van der Waals surface area (Å²) in [5.74, 6) is -0.304. The van der Waals surface area contributed by atoms with Gasteiger partial charge in [0.1, 0.15) is 0 Å². The molecule has 2 aromatic carbocycles. The zero-order chi connectivity index (χ0) is 20.9. The van der Waals surface area contributed by atoms with Crippen LogP contribution >= 0.6 is 11.6 Å². The summed E-state index contributed by atoms with van der Waals surface area (Å²) in [6.45, 7) is 2.30. The van der Waals surface area contributed by atoms with Crippen molar-refractivity contribution in [3.63, 3.8) is 0 Å². The van der Waals surface area contributed by atoms with E-state index in [4.69, 9.17) is 16.3 Å². The van der Waals surface area contributed by atoms with Gasteiger partial charge in [-0.15, -0.1) is 0 Å². The molecule has 0 saturated carbocycles. The molecule has 152 valence electrons. The second kappa shape index (κ2) is 9.07. The lowest BCUT2D eigenvalue weighted by Crippen LogP contribution is -2.40. The average molecular weight is 422 g/mol. The Balaban J connectivity index is 1.44. The van der Waals surface area contributed by atoms with Crippen LogP contribution in [0.5, 0.6) is 0 Å². The van der Waals surface area contributed by atoms with Gasteiger partial charge >= 0.3 is 0 Å². The fraction of sp³-hybridized carbons (Fsp3) is 0.174. The zero-order valence-electron chi connectivity index (χ0n) is 16.2. The molecule has 2 amide bonds. The summed E-state index contributed by atoms with van der Waals surface area (Å²) in [4.78, 5) is 31.1. The molecule has 0 bridgehead atoms. The number of hydrogen-bond donors (Lipinski definition) is 1. The molecule has 0 radical (unpaired) electrons. The highest BCUT2D eigenvalue weighted by Gasteiger charge is 2.18. The third-order valence-corrected chi connectivity index (χ3v) is 5.12. The summed E-state index contributed by atoms with van der Waals surface area (Å²) >= 11 is 5.94. The Morgan fingerprint density at radius 2 is 1.60 bits per heavy atom. The molecule has 1 fully saturated rings. The van der Waals surface area contributed by atoms with Crippen molar-refractivity contribution in [1.82, 2.24) is 9.88 Å². The molecule has 1 aliphatic rings. The molecular weight excluding hydrogens is 402 g/mol. The zero-order valence-corrected chi connectivity index (χ0v) is 16.9. The first kappa shape index (κ1) is 20.1. The predicted octanol–water partition coefficient (Wildman–Crippen LogP) is 4.13. The number of anilines is 1. The molecule has 0 spiro atoms. The SMILES string of the molecule is O=C(Nc1ccc(C(=O)N2CCOCC2)cc1)c1cncc(-c2ccc(Cl)cc2)c1. The number of amides is 2. The molecular formula is C23H20ClN3O3. The molecule has 1 aromatic heterocycles. The first-order valence-corrected chi connectivity index (χ1v) is 9.97. The number of carbonyl (C=O) groups excluding carboxylic acids is 2. The van der Waals surface area contributed by atoms with Gasteiger partial charge in [-0.1, -0.05) is 23.7 Å². The van der Waals surface area contributed by atoms with Crippen molar-refractivity contribution >= 4 is 29.1 Å². The molecule has 7 heteroatoms. The van der Waals surface area contributed by atoms with E-state index in [0.29, 0.717) is 48.1 Å². The first-order valence-electron chi connectivity index (χ1n) is 9.59. The number of carbonyl (C=O) groups is 2. The summed E-state index contributed by atoms with van der Waals surface area (Å²) in [5, 5.41) is 3.50. The van der Waals surface area contributed by atoms with Crippen molar-refractivity contribution in [3.8, 4) is 11.1 Å². The Morgan fingerprint density at radius 1 is 0.900 bits per heavy atom. The Labute approximate surface area is 179 Å². The maximum absolute atomic E-state index is 12.7. The van der Waals surface area contributed by atoms with Crippen LogP contribution in [-0.2, 0) is 4.74 Å². The molecule has 2 heterocycles. The van der Waals surface area contributed by atoms with E-state index in [9.17, 15) is 9.59 Å². The number of pyridine rings is 1. The van der Waals surface area contributed by atoms with Gasteiger partial charge in [0.25, 0.3) is 11.8 Å². The van der Waals surface area contributed by atoms with E-state index >= 15 is 0 Å². The van der Waals surface area contributed by atoms with Crippen LogP contribution in [0.2, 0.25) is 5.02 Å². The number of rotatable bonds is 4. The van der Waals surface area contributed by atoms with Crippen LogP contribution in [0.15, 0.2) is 67.0 Å². The highest BCUT2D eigenvalue weighted by molar-refractivity contribution is 6.30. The molecule has 1 aliphatic heterocycles. The van der Waals surface area contributed by atoms with Gasteiger partial charge in [-0.2, -0.15) is 0 Å². The number of ether oxygens (including phenoxy) is 1. The van der Waals surface area contributed by atoms with E-state index in [1.807, 2.05) is 12.1 Å². The van der Waals surface area contributed by atoms with Crippen molar-refractivity contribution in [3.05, 3.63) is 83.1 Å². The molecule has 0 unspecified atom stereocenters. The third-order valence-electron chi connectivity index (χ3n) is 4.87. The third kappa shape index (κ3) is 4.67. The van der Waals surface area contributed by atoms with Crippen LogP contribution in [0.1, 0.15) is 20.7 Å². The monoisotopic (exact) mass is 421 g/mol. The number of benzene rings is 2. The average Bonchev–Trinajstić information content (AvgIpc) is 2.80. The van der Waals surface area contributed by atoms with Crippen molar-refractivity contribution in [1.29, 1.82) is 0 Å². The van der Waals surface area contributed by atoms with Gasteiger partial charge < -0.3 is 15.0 Å². The van der Waals surface area contributed by atoms with Crippen LogP contribution in [0.25, 0.3) is 11.1 Å². The van der Waals surface area contributed by atoms with Crippen molar-refractivity contribution in [2.75, 3.05) is 31.6 Å². The van der Waals surface area contributed by atoms with Gasteiger partial charge in [0.2, 0.25) is 0 Å². The van der Waals surface area contributed by atoms with Crippen LogP contribution in [0, 0.1) is 0 Å². The topological polar surface area (TPSA) is 71.5 Å². The van der Waals surface area contributed by atoms with Gasteiger partial charge in [0.15, 0.2) is 0 Å². The summed E-state index contributed by atoms with van der Waals surface area (Å²) in [6, 6.07) is 16.0. The molecule has 6 nitrogen and oxygen atoms in total. The fourth-order valence-electron chi connectivity index (χ4n) is 3.21. The largest absolute Gasteiger partial charge is 0.378 e. The van der Waals surface area contributed by atoms with Crippen LogP contribution in [0.3, 0.4) is 0 Å². The minimum Gasteiger partial charge on any atom is -0.378 e. The van der Waals surface area contributed by atoms with Gasteiger partial charge in [-0.25, -0.2) is 0 Å². The molecule has 0 atom stereocenters. The Kier molecular flexibility index (Phi) is 6.07. The summed E-state index contributed by atoms with van der Waals surface area (Å²) in [6.07, 6.45) is 3.22. The number of nitrogens with zero attached hydrogens (tertiary/aromatic N) is 2. The highest BCUT2D eigenvalue weighted by atomic mass is 35.5. The van der Waals surface area contributed by atoms with Gasteiger partial charge in [-0.05, 0) is 48.0 Å². The second-order valence-electron chi connectivity index (χ2n) is 6.91. The Bertz CT molecular complexity index is 1050. The maximum atomic E-state index is 12.7. The summed E-state index contributed by atoms with van der Waals surface area (Å²) < 4.78 is 5.28. The van der Waals surface area contributed by atoms with E-state index in [2.05, 4.69) is 10.3 Å². The van der Waals surface area contributed by atoms with Crippen LogP contribution in [-0.4, -0.2) is 48.0 Å². The second-order valence-corrected chi connectivity index (χ2v) is 7.34. The fourth-order valence-corrected chi connectivity index (χ4v) is 3.34. The lowest BCUT2D eigenvalue weighted by Gasteiger charge is -2.26. The predicted molar refractivity (Wildman–Crippen MR) is 116 cm³/mol. The van der Waals surface area contributed by atoms with Crippen LogP contribution < -0.4 is 5.32 Å². The van der Waals surface area contributed by atoms with E-state index < -0.39 is 0 Å². The van der Waals surface area contributed by atoms with Crippen molar-refractivity contribution < 1.29 is 14.3 Å². The van der Waals surface area contributed by atoms with Crippen molar-refractivity contribution in [2.45, 2.75) is 0 Å². The summed E-state index contributed by atoms with van der Waals surface area (Å²) in [7, 11) is 0. The maximum Gasteiger partial charge on any atom is 0.257 e. The molecule has 0 aliphatic carbocycles. The number of halogens is 1. The standard InChI is InChI=1S/C23H20ClN3O3/c24-20-5-1-16(2-6-20)18-13-19(15-25-14-18)22(28)26-21-7-3-17(4-8-21)23(29)27-9-11-30-12-10-27/h1-8,13-15H,9-12H2,(H,26,28). The first-order chi connectivity index (χ1) is 14.6. The van der Waals surface area contributed by atoms with Gasteiger partial charge in [-0.3, -0.25) is 14.6 Å². The Hall–Kier alpha value is -3.22. The molecule has 3 aromatic rings. The number of aromatic nitrogens is 1. The minimum absolute atomic E-state index is 0.0314. The minimum atomic E-state index is -0.273. The smallest absolute Gasteiger partial charge is 0.257 e. The highest BCUT2D eigenvalue weighted by Crippen LogP contribution is 2.22. The van der Waals surface area contributed by atoms with E-state index in [1.54, 1.807) is 53.6 Å². The van der Waals surface area contributed by atoms with Gasteiger partial charge in [0, 0.05) is 47.3 Å². The lowest BCUT2D eigenvalue weighted by atomic mass is 10.1. The number of morpholine rings is 1. The quantitative estimate of drug-likeness (QED) is 0.687. The van der Waals surface area contributed by atoms with E-state index in [0.717, 1.165) is 11.1 Å². The molecule has 1 N–H and O–H groups in total. The molecule has 30 heavy (non-hydrogen) atoms. The number of hydrogen-bond acceptors (Lipinski definition) is 4. The van der Waals surface area contributed by atoms with Crippen molar-refractivity contribution in [2.24, 2.45) is 0 Å². The molecule has 1 saturated heterocycles. The Morgan fingerprint density at radius 3 is 2.30 bits per heavy atom. The van der Waals surface area contributed by atoms with Gasteiger partial charge in [0.05, 0.1) is 18.8 Å². The van der Waals surface area contributed by atoms with E-state index in [1.165, 1.54) is 6.20 Å². The summed E-state index contributed by atoms with van der Waals surface area (Å²) in [5.41, 5.74) is 3.38. The van der Waals surface area contributed by atoms with Crippen LogP contribution in [0.4, 0.5) is 5.69 Å².